The SMILES string of the molecule is O=c1nc(/N=C\CSOO[O-])nc(Nc2cccc(Nc3nc(NCCS(=O)(=O)[O-])nc(=O)[nH]3)c2)[nH]1.[Li+].[Li+]. The van der Waals surface area contributed by atoms with Gasteiger partial charge in [0.05, 0.1) is 21.6 Å². The Morgan fingerprint density at radius 3 is 2.29 bits per heavy atom. The molecule has 192 valence electrons. The predicted molar refractivity (Wildman–Crippen MR) is 124 cm³/mol. The van der Waals surface area contributed by atoms with E-state index >= 15 is 0 Å². The van der Waals surface area contributed by atoms with Gasteiger partial charge in [0, 0.05) is 36.2 Å². The van der Waals surface area contributed by atoms with Crippen LogP contribution in [-0.2, 0) is 19.5 Å². The minimum absolute atomic E-state index is 0. The molecule has 0 spiro atoms. The summed E-state index contributed by atoms with van der Waals surface area (Å²) in [5.41, 5.74) is -0.568. The molecule has 0 bridgehead atoms. The summed E-state index contributed by atoms with van der Waals surface area (Å²) in [6.07, 6.45) is 1.30. The molecule has 0 fully saturated rings. The Morgan fingerprint density at radius 1 is 1.03 bits per heavy atom. The van der Waals surface area contributed by atoms with E-state index in [0.29, 0.717) is 23.4 Å². The second kappa shape index (κ2) is 16.3. The van der Waals surface area contributed by atoms with Gasteiger partial charge in [0.15, 0.2) is 0 Å². The van der Waals surface area contributed by atoms with Crippen molar-refractivity contribution in [3.63, 3.8) is 0 Å². The van der Waals surface area contributed by atoms with E-state index in [-0.39, 0.29) is 73.8 Å². The third kappa shape index (κ3) is 12.2. The summed E-state index contributed by atoms with van der Waals surface area (Å²) in [6.45, 7) is -0.279. The number of H-pyrrole nitrogens is 2. The summed E-state index contributed by atoms with van der Waals surface area (Å²) < 4.78 is 36.2. The van der Waals surface area contributed by atoms with E-state index in [1.807, 2.05) is 0 Å². The number of benzene rings is 1. The van der Waals surface area contributed by atoms with E-state index in [9.17, 15) is 27.8 Å². The quantitative estimate of drug-likeness (QED) is 0.0250. The Morgan fingerprint density at radius 2 is 1.66 bits per heavy atom. The molecule has 0 aliphatic carbocycles. The zero-order valence-corrected chi connectivity index (χ0v) is 21.5. The van der Waals surface area contributed by atoms with Gasteiger partial charge in [-0.25, -0.2) is 23.0 Å². The van der Waals surface area contributed by atoms with Crippen molar-refractivity contribution in [1.29, 1.82) is 0 Å². The summed E-state index contributed by atoms with van der Waals surface area (Å²) in [5, 5.41) is 21.1. The Bertz CT molecular complexity index is 1440. The number of aliphatic imine (C=N–C) groups is 1. The van der Waals surface area contributed by atoms with Crippen molar-refractivity contribution < 1.29 is 65.3 Å². The number of aromatic amines is 2. The number of nitrogens with one attached hydrogen (secondary N) is 5. The fourth-order valence-electron chi connectivity index (χ4n) is 2.45. The summed E-state index contributed by atoms with van der Waals surface area (Å²) in [7, 11) is -4.44. The topological polar surface area (TPSA) is 264 Å². The Labute approximate surface area is 242 Å². The molecule has 0 amide bonds. The van der Waals surface area contributed by atoms with Crippen LogP contribution in [0.5, 0.6) is 0 Å². The van der Waals surface area contributed by atoms with Gasteiger partial charge in [-0.05, 0) is 18.2 Å². The Hall–Kier alpha value is -2.76. The Balaban J connectivity index is 0.00000361. The molecule has 0 aliphatic rings. The van der Waals surface area contributed by atoms with Crippen LogP contribution in [0.3, 0.4) is 0 Å². The molecule has 0 radical (unpaired) electrons. The van der Waals surface area contributed by atoms with Crippen LogP contribution < -0.4 is 70.3 Å². The largest absolute Gasteiger partial charge is 1.00 e. The van der Waals surface area contributed by atoms with Crippen molar-refractivity contribution in [3.05, 3.63) is 45.2 Å². The second-order valence-corrected chi connectivity index (χ2v) is 8.61. The van der Waals surface area contributed by atoms with Crippen LogP contribution in [0.1, 0.15) is 0 Å². The Kier molecular flexibility index (Phi) is 14.2. The smallest absolute Gasteiger partial charge is 0.748 e. The number of hydrogen-bond donors (Lipinski definition) is 5. The zero-order chi connectivity index (χ0) is 26.0. The maximum atomic E-state index is 11.8. The van der Waals surface area contributed by atoms with Crippen molar-refractivity contribution in [3.8, 4) is 0 Å². The van der Waals surface area contributed by atoms with Crippen LogP contribution in [0.15, 0.2) is 38.8 Å². The normalized spacial score (nSPS) is 10.9. The van der Waals surface area contributed by atoms with Gasteiger partial charge in [-0.1, -0.05) is 6.07 Å². The first kappa shape index (κ1) is 33.3. The maximum absolute atomic E-state index is 11.8. The molecule has 0 atom stereocenters. The first-order chi connectivity index (χ1) is 17.2. The van der Waals surface area contributed by atoms with Crippen LogP contribution in [-0.4, -0.2) is 67.1 Å². The summed E-state index contributed by atoms with van der Waals surface area (Å²) in [6, 6.07) is 6.55. The van der Waals surface area contributed by atoms with Gasteiger partial charge in [-0.2, -0.15) is 24.3 Å². The molecule has 2 aromatic heterocycles. The molecular formula is C16H16Li2N10O8S2. The molecule has 3 rings (SSSR count). The third-order valence-corrected chi connectivity index (χ3v) is 4.88. The molecule has 0 saturated carbocycles. The van der Waals surface area contributed by atoms with E-state index in [1.165, 1.54) is 6.21 Å². The number of aromatic nitrogens is 6. The van der Waals surface area contributed by atoms with Gasteiger partial charge >= 0.3 is 49.1 Å². The van der Waals surface area contributed by atoms with Gasteiger partial charge in [-0.15, -0.1) is 0 Å². The minimum atomic E-state index is -4.44. The molecule has 0 unspecified atom stereocenters. The monoisotopic (exact) mass is 554 g/mol. The van der Waals surface area contributed by atoms with Crippen molar-refractivity contribution in [2.24, 2.45) is 4.99 Å². The first-order valence-electron chi connectivity index (χ1n) is 9.59. The van der Waals surface area contributed by atoms with Gasteiger partial charge in [0.1, 0.15) is 0 Å². The fraction of sp³-hybridized carbons (Fsp3) is 0.188. The predicted octanol–water partition coefficient (Wildman–Crippen LogP) is -7.33. The van der Waals surface area contributed by atoms with Crippen LogP contribution in [0, 0.1) is 0 Å². The number of nitrogens with zero attached hydrogens (tertiary/aromatic N) is 5. The minimum Gasteiger partial charge on any atom is -0.748 e. The fourth-order valence-corrected chi connectivity index (χ4v) is 3.03. The van der Waals surface area contributed by atoms with E-state index in [0.717, 1.165) is 0 Å². The van der Waals surface area contributed by atoms with Crippen LogP contribution in [0.4, 0.5) is 35.2 Å². The third-order valence-electron chi connectivity index (χ3n) is 3.74. The molecule has 22 heteroatoms. The molecule has 3 aromatic rings. The van der Waals surface area contributed by atoms with Gasteiger partial charge < -0.3 is 25.8 Å². The first-order valence-corrected chi connectivity index (χ1v) is 12.1. The van der Waals surface area contributed by atoms with Crippen molar-refractivity contribution in [2.75, 3.05) is 34.0 Å². The number of hydrogen-bond acceptors (Lipinski definition) is 17. The van der Waals surface area contributed by atoms with Crippen molar-refractivity contribution in [1.82, 2.24) is 29.9 Å². The average molecular weight is 554 g/mol. The van der Waals surface area contributed by atoms with Crippen molar-refractivity contribution >= 4 is 63.5 Å². The van der Waals surface area contributed by atoms with Crippen LogP contribution in [0.25, 0.3) is 0 Å². The summed E-state index contributed by atoms with van der Waals surface area (Å²) in [5.74, 6) is -0.896. The van der Waals surface area contributed by atoms with Crippen LogP contribution in [0.2, 0.25) is 0 Å². The van der Waals surface area contributed by atoms with Gasteiger partial charge in [-0.3, -0.25) is 15.0 Å². The molecular weight excluding hydrogens is 538 g/mol. The molecule has 1 aromatic carbocycles. The van der Waals surface area contributed by atoms with Gasteiger partial charge in [0.25, 0.3) is 5.95 Å². The molecule has 0 saturated heterocycles. The second-order valence-electron chi connectivity index (χ2n) is 6.38. The van der Waals surface area contributed by atoms with E-state index in [1.54, 1.807) is 24.3 Å². The van der Waals surface area contributed by atoms with E-state index in [4.69, 9.17) is 0 Å². The maximum Gasteiger partial charge on any atom is 1.00 e. The molecule has 38 heavy (non-hydrogen) atoms. The van der Waals surface area contributed by atoms with Gasteiger partial charge in [0.2, 0.25) is 17.8 Å². The van der Waals surface area contributed by atoms with E-state index < -0.39 is 27.3 Å². The number of rotatable bonds is 13. The molecule has 18 nitrogen and oxygen atoms in total. The molecule has 5 N–H and O–H groups in total. The molecule has 0 aliphatic heterocycles. The average Bonchev–Trinajstić information content (AvgIpc) is 2.77. The number of anilines is 5. The van der Waals surface area contributed by atoms with Crippen molar-refractivity contribution in [2.45, 2.75) is 0 Å². The van der Waals surface area contributed by atoms with Crippen LogP contribution >= 0.6 is 12.0 Å². The standard InChI is InChI=1S/C16H18N10O8S2.2Li/c27-15-23-11(17-4-6-35-34-33-29)21-13(25-15)19-9-2-1-3-10(8-9)20-14-22-12(24-16(28)26-14)18-5-7-36(30,31)32;;/h1-4,8,29H,5-7H2,(H,30,31,32)(H2,19,21,23,25,27)(H3,18,20,22,24,26,28);;/q;2*+1/p-2/b17-4-;;. The summed E-state index contributed by atoms with van der Waals surface area (Å²) in [4.78, 5) is 47.5. The zero-order valence-electron chi connectivity index (χ0n) is 19.8. The molecule has 2 heterocycles. The summed E-state index contributed by atoms with van der Waals surface area (Å²) >= 11 is 0.672. The van der Waals surface area contributed by atoms with E-state index in [2.05, 4.69) is 60.2 Å².